The first-order valence-electron chi connectivity index (χ1n) is 11.8. The number of hydrogen-bond acceptors (Lipinski definition) is 4. The van der Waals surface area contributed by atoms with Crippen molar-refractivity contribution >= 4 is 62.3 Å². The lowest BCUT2D eigenvalue weighted by molar-refractivity contribution is -0.140. The number of likely N-dealkylation sites (N-methyl/N-ethyl adjacent to an activating group) is 1. The average Bonchev–Trinajstić information content (AvgIpc) is 2.86. The van der Waals surface area contributed by atoms with E-state index in [9.17, 15) is 18.0 Å². The maximum absolute atomic E-state index is 13.9. The monoisotopic (exact) mass is 595 g/mol. The van der Waals surface area contributed by atoms with Gasteiger partial charge in [0.1, 0.15) is 12.6 Å². The number of sulfonamides is 1. The highest BCUT2D eigenvalue weighted by Crippen LogP contribution is 2.30. The van der Waals surface area contributed by atoms with Crippen molar-refractivity contribution in [2.24, 2.45) is 0 Å². The Morgan fingerprint density at radius 2 is 1.53 bits per heavy atom. The molecule has 38 heavy (non-hydrogen) atoms. The highest BCUT2D eigenvalue weighted by Gasteiger charge is 2.33. The Bertz CT molecular complexity index is 1370. The van der Waals surface area contributed by atoms with E-state index in [4.69, 9.17) is 34.8 Å². The van der Waals surface area contributed by atoms with Gasteiger partial charge in [-0.1, -0.05) is 77.3 Å². The minimum absolute atomic E-state index is 0.0522. The average molecular weight is 597 g/mol. The summed E-state index contributed by atoms with van der Waals surface area (Å²) in [5.41, 5.74) is 1.68. The Labute approximate surface area is 238 Å². The fourth-order valence-corrected chi connectivity index (χ4v) is 5.46. The molecule has 0 aromatic heterocycles. The molecule has 0 aliphatic heterocycles. The van der Waals surface area contributed by atoms with Crippen molar-refractivity contribution in [3.63, 3.8) is 0 Å². The molecule has 1 atom stereocenters. The topological polar surface area (TPSA) is 86.8 Å². The Morgan fingerprint density at radius 3 is 2.11 bits per heavy atom. The van der Waals surface area contributed by atoms with E-state index < -0.39 is 28.5 Å². The van der Waals surface area contributed by atoms with Crippen molar-refractivity contribution < 1.29 is 18.0 Å². The maximum atomic E-state index is 13.9. The third kappa shape index (κ3) is 8.11. The quantitative estimate of drug-likeness (QED) is 0.330. The zero-order valence-electron chi connectivity index (χ0n) is 20.9. The van der Waals surface area contributed by atoms with Gasteiger partial charge in [-0.25, -0.2) is 8.42 Å². The molecule has 2 amide bonds. The molecule has 0 radical (unpaired) electrons. The number of halogens is 3. The molecule has 202 valence electrons. The minimum atomic E-state index is -3.94. The van der Waals surface area contributed by atoms with Gasteiger partial charge in [-0.3, -0.25) is 13.9 Å². The summed E-state index contributed by atoms with van der Waals surface area (Å²) in [6.45, 7) is 1.63. The molecule has 0 aliphatic carbocycles. The van der Waals surface area contributed by atoms with E-state index in [-0.39, 0.29) is 29.6 Å². The molecule has 1 N–H and O–H groups in total. The zero-order chi connectivity index (χ0) is 27.9. The number of nitrogens with one attached hydrogen (secondary N) is 1. The summed E-state index contributed by atoms with van der Waals surface area (Å²) in [5, 5.41) is 3.72. The molecule has 3 aromatic rings. The molecule has 0 bridgehead atoms. The number of hydrogen-bond donors (Lipinski definition) is 1. The van der Waals surface area contributed by atoms with Crippen molar-refractivity contribution in [2.75, 3.05) is 23.7 Å². The van der Waals surface area contributed by atoms with Gasteiger partial charge in [0, 0.05) is 29.6 Å². The van der Waals surface area contributed by atoms with Crippen molar-refractivity contribution in [1.29, 1.82) is 0 Å². The smallest absolute Gasteiger partial charge is 0.244 e. The molecule has 3 rings (SSSR count). The largest absolute Gasteiger partial charge is 0.355 e. The van der Waals surface area contributed by atoms with Crippen LogP contribution < -0.4 is 9.62 Å². The lowest BCUT2D eigenvalue weighted by Crippen LogP contribution is -2.53. The van der Waals surface area contributed by atoms with Gasteiger partial charge >= 0.3 is 0 Å². The summed E-state index contributed by atoms with van der Waals surface area (Å²) in [7, 11) is -3.94. The van der Waals surface area contributed by atoms with Gasteiger partial charge in [-0.2, -0.15) is 0 Å². The van der Waals surface area contributed by atoms with E-state index in [2.05, 4.69) is 5.32 Å². The lowest BCUT2D eigenvalue weighted by atomic mass is 10.0. The second kappa shape index (κ2) is 13.3. The van der Waals surface area contributed by atoms with E-state index in [1.807, 2.05) is 30.3 Å². The summed E-state index contributed by atoms with van der Waals surface area (Å²) in [4.78, 5) is 28.6. The van der Waals surface area contributed by atoms with Crippen LogP contribution in [0.1, 0.15) is 18.1 Å². The van der Waals surface area contributed by atoms with Gasteiger partial charge in [0.2, 0.25) is 21.8 Å². The molecule has 0 unspecified atom stereocenters. The second-order valence-electron chi connectivity index (χ2n) is 8.61. The Morgan fingerprint density at radius 1 is 0.895 bits per heavy atom. The van der Waals surface area contributed by atoms with Gasteiger partial charge in [0.25, 0.3) is 0 Å². The molecule has 0 saturated carbocycles. The van der Waals surface area contributed by atoms with Crippen LogP contribution in [0.25, 0.3) is 0 Å². The fourth-order valence-electron chi connectivity index (χ4n) is 3.91. The Hall–Kier alpha value is -2.78. The summed E-state index contributed by atoms with van der Waals surface area (Å²) in [6, 6.07) is 19.6. The predicted octanol–water partition coefficient (Wildman–Crippen LogP) is 5.19. The summed E-state index contributed by atoms with van der Waals surface area (Å²) in [6.07, 6.45) is 1.21. The predicted molar refractivity (Wildman–Crippen MR) is 153 cm³/mol. The van der Waals surface area contributed by atoms with Crippen LogP contribution in [-0.4, -0.2) is 50.5 Å². The van der Waals surface area contributed by atoms with Crippen molar-refractivity contribution in [1.82, 2.24) is 10.2 Å². The molecule has 3 aromatic carbocycles. The van der Waals surface area contributed by atoms with Crippen LogP contribution >= 0.6 is 34.8 Å². The first kappa shape index (κ1) is 29.8. The number of anilines is 1. The van der Waals surface area contributed by atoms with Crippen LogP contribution in [0, 0.1) is 0 Å². The summed E-state index contributed by atoms with van der Waals surface area (Å²) >= 11 is 18.3. The molecule has 0 saturated heterocycles. The third-order valence-corrected chi connectivity index (χ3v) is 7.66. The maximum Gasteiger partial charge on any atom is 0.244 e. The van der Waals surface area contributed by atoms with E-state index in [0.717, 1.165) is 21.7 Å². The first-order valence-corrected chi connectivity index (χ1v) is 14.8. The second-order valence-corrected chi connectivity index (χ2v) is 11.8. The SMILES string of the molecule is CCNC(=O)[C@H](Cc1ccccc1)N(Cc1ccc(Cl)cc1)C(=O)CN(c1ccc(Cl)cc1Cl)S(C)(=O)=O. The van der Waals surface area contributed by atoms with Gasteiger partial charge < -0.3 is 10.2 Å². The van der Waals surface area contributed by atoms with Gasteiger partial charge in [0.05, 0.1) is 17.0 Å². The zero-order valence-corrected chi connectivity index (χ0v) is 24.0. The van der Waals surface area contributed by atoms with Gasteiger partial charge in [-0.05, 0) is 48.4 Å². The first-order chi connectivity index (χ1) is 18.0. The number of carbonyl (C=O) groups is 2. The lowest BCUT2D eigenvalue weighted by Gasteiger charge is -2.33. The van der Waals surface area contributed by atoms with Crippen LogP contribution in [0.3, 0.4) is 0 Å². The van der Waals surface area contributed by atoms with Gasteiger partial charge in [0.15, 0.2) is 0 Å². The highest BCUT2D eigenvalue weighted by atomic mass is 35.5. The fraction of sp³-hybridized carbons (Fsp3) is 0.259. The molecule has 0 fully saturated rings. The van der Waals surface area contributed by atoms with Crippen molar-refractivity contribution in [3.8, 4) is 0 Å². The van der Waals surface area contributed by atoms with Gasteiger partial charge in [-0.15, -0.1) is 0 Å². The van der Waals surface area contributed by atoms with E-state index in [1.165, 1.54) is 23.1 Å². The molecule has 0 spiro atoms. The Kier molecular flexibility index (Phi) is 10.4. The number of nitrogens with zero attached hydrogens (tertiary/aromatic N) is 2. The molecule has 0 heterocycles. The number of carbonyl (C=O) groups excluding carboxylic acids is 2. The molecular weight excluding hydrogens is 569 g/mol. The molecule has 11 heteroatoms. The molecular formula is C27H28Cl3N3O4S. The van der Waals surface area contributed by atoms with E-state index in [0.29, 0.717) is 16.6 Å². The van der Waals surface area contributed by atoms with Crippen LogP contribution in [0.15, 0.2) is 72.8 Å². The van der Waals surface area contributed by atoms with E-state index >= 15 is 0 Å². The van der Waals surface area contributed by atoms with Crippen LogP contribution in [0.2, 0.25) is 15.1 Å². The summed E-state index contributed by atoms with van der Waals surface area (Å²) in [5.74, 6) is -0.933. The Balaban J connectivity index is 2.05. The number of rotatable bonds is 11. The highest BCUT2D eigenvalue weighted by molar-refractivity contribution is 7.92. The van der Waals surface area contributed by atoms with Crippen LogP contribution in [0.5, 0.6) is 0 Å². The number of benzene rings is 3. The van der Waals surface area contributed by atoms with Crippen molar-refractivity contribution in [2.45, 2.75) is 25.9 Å². The standard InChI is InChI=1S/C27H28Cl3N3O4S/c1-3-31-27(35)25(15-19-7-5-4-6-8-19)32(17-20-9-11-21(28)12-10-20)26(34)18-33(38(2,36)37)24-14-13-22(29)16-23(24)30/h4-14,16,25H,3,15,17-18H2,1-2H3,(H,31,35)/t25-/m0/s1. The summed E-state index contributed by atoms with van der Waals surface area (Å²) < 4.78 is 26.5. The normalized spacial score (nSPS) is 12.0. The van der Waals surface area contributed by atoms with Crippen LogP contribution in [0.4, 0.5) is 5.69 Å². The van der Waals surface area contributed by atoms with E-state index in [1.54, 1.807) is 31.2 Å². The van der Waals surface area contributed by atoms with Crippen molar-refractivity contribution in [3.05, 3.63) is 99.0 Å². The van der Waals surface area contributed by atoms with Crippen LogP contribution in [-0.2, 0) is 32.6 Å². The number of amides is 2. The minimum Gasteiger partial charge on any atom is -0.355 e. The molecule has 7 nitrogen and oxygen atoms in total. The molecule has 0 aliphatic rings. The third-order valence-electron chi connectivity index (χ3n) is 5.75.